The van der Waals surface area contributed by atoms with Crippen LogP contribution in [0.4, 0.5) is 13.2 Å². The van der Waals surface area contributed by atoms with Crippen LogP contribution in [0.3, 0.4) is 0 Å². The average Bonchev–Trinajstić information content (AvgIpc) is 2.70. The summed E-state index contributed by atoms with van der Waals surface area (Å²) in [6, 6.07) is 4.41. The van der Waals surface area contributed by atoms with Gasteiger partial charge in [0, 0.05) is 0 Å². The SMILES string of the molecule is Cc1c(Cl)cnn1CC(O)c1ccc(C(F)(F)F)cc1. The third kappa shape index (κ3) is 3.13. The van der Waals surface area contributed by atoms with Gasteiger partial charge in [0.25, 0.3) is 0 Å². The van der Waals surface area contributed by atoms with Crippen molar-refractivity contribution in [3.05, 3.63) is 52.3 Å². The molecule has 1 N–H and O–H groups in total. The van der Waals surface area contributed by atoms with Crippen LogP contribution >= 0.6 is 11.6 Å². The predicted octanol–water partition coefficient (Wildman–Crippen LogP) is 3.60. The fraction of sp³-hybridized carbons (Fsp3) is 0.308. The lowest BCUT2D eigenvalue weighted by Gasteiger charge is -2.14. The molecule has 0 radical (unpaired) electrons. The highest BCUT2D eigenvalue weighted by Crippen LogP contribution is 2.30. The summed E-state index contributed by atoms with van der Waals surface area (Å²) >= 11 is 5.84. The fourth-order valence-corrected chi connectivity index (χ4v) is 1.91. The number of halogens is 4. The van der Waals surface area contributed by atoms with Crippen LogP contribution in [0.2, 0.25) is 5.02 Å². The molecule has 3 nitrogen and oxygen atoms in total. The van der Waals surface area contributed by atoms with Crippen LogP contribution in [0.25, 0.3) is 0 Å². The Kier molecular flexibility index (Phi) is 4.06. The summed E-state index contributed by atoms with van der Waals surface area (Å²) in [5.41, 5.74) is 0.341. The maximum Gasteiger partial charge on any atom is 0.416 e. The van der Waals surface area contributed by atoms with Crippen molar-refractivity contribution < 1.29 is 18.3 Å². The standard InChI is InChI=1S/C13H12ClF3N2O/c1-8-11(14)6-18-19(8)7-12(20)9-2-4-10(5-3-9)13(15,16)17/h2-6,12,20H,7H2,1H3. The van der Waals surface area contributed by atoms with Gasteiger partial charge in [-0.05, 0) is 24.6 Å². The summed E-state index contributed by atoms with van der Waals surface area (Å²) in [7, 11) is 0. The van der Waals surface area contributed by atoms with Gasteiger partial charge in [-0.1, -0.05) is 23.7 Å². The third-order valence-electron chi connectivity index (χ3n) is 3.01. The lowest BCUT2D eigenvalue weighted by molar-refractivity contribution is -0.137. The summed E-state index contributed by atoms with van der Waals surface area (Å²) in [6.07, 6.45) is -3.88. The highest BCUT2D eigenvalue weighted by atomic mass is 35.5. The second-order valence-corrected chi connectivity index (χ2v) is 4.80. The molecule has 1 aromatic carbocycles. The van der Waals surface area contributed by atoms with E-state index >= 15 is 0 Å². The molecule has 1 aromatic heterocycles. The van der Waals surface area contributed by atoms with Gasteiger partial charge in [-0.25, -0.2) is 0 Å². The van der Waals surface area contributed by atoms with Gasteiger partial charge in [-0.15, -0.1) is 0 Å². The molecule has 7 heteroatoms. The fourth-order valence-electron chi connectivity index (χ4n) is 1.77. The number of aromatic nitrogens is 2. The number of nitrogens with zero attached hydrogens (tertiary/aromatic N) is 2. The first-order chi connectivity index (χ1) is 9.29. The molecule has 0 saturated carbocycles. The Morgan fingerprint density at radius 2 is 1.90 bits per heavy atom. The Bertz CT molecular complexity index is 593. The molecule has 0 spiro atoms. The second-order valence-electron chi connectivity index (χ2n) is 4.40. The molecule has 0 aliphatic carbocycles. The van der Waals surface area contributed by atoms with Gasteiger partial charge in [0.2, 0.25) is 0 Å². The number of aliphatic hydroxyl groups excluding tert-OH is 1. The van der Waals surface area contributed by atoms with Crippen LogP contribution in [0.15, 0.2) is 30.5 Å². The Balaban J connectivity index is 2.13. The minimum atomic E-state index is -4.38. The number of hydrogen-bond donors (Lipinski definition) is 1. The molecule has 0 bridgehead atoms. The van der Waals surface area contributed by atoms with Gasteiger partial charge in [0.15, 0.2) is 0 Å². The normalized spacial score (nSPS) is 13.5. The van der Waals surface area contributed by atoms with Crippen molar-refractivity contribution in [1.82, 2.24) is 9.78 Å². The number of aliphatic hydroxyl groups is 1. The summed E-state index contributed by atoms with van der Waals surface area (Å²) in [4.78, 5) is 0. The van der Waals surface area contributed by atoms with E-state index in [-0.39, 0.29) is 6.54 Å². The number of rotatable bonds is 3. The van der Waals surface area contributed by atoms with Gasteiger partial charge in [0.05, 0.1) is 35.1 Å². The van der Waals surface area contributed by atoms with Crippen LogP contribution in [0.1, 0.15) is 22.9 Å². The van der Waals surface area contributed by atoms with E-state index in [1.165, 1.54) is 23.0 Å². The summed E-state index contributed by atoms with van der Waals surface area (Å²) in [5, 5.41) is 14.5. The molecule has 108 valence electrons. The van der Waals surface area contributed by atoms with Crippen LogP contribution in [0, 0.1) is 6.92 Å². The molecule has 1 atom stereocenters. The molecule has 0 aliphatic heterocycles. The Labute approximate surface area is 118 Å². The first-order valence-corrected chi connectivity index (χ1v) is 6.20. The third-order valence-corrected chi connectivity index (χ3v) is 3.38. The van der Waals surface area contributed by atoms with Crippen molar-refractivity contribution in [3.8, 4) is 0 Å². The average molecular weight is 305 g/mol. The zero-order chi connectivity index (χ0) is 14.9. The quantitative estimate of drug-likeness (QED) is 0.941. The lowest BCUT2D eigenvalue weighted by atomic mass is 10.1. The van der Waals surface area contributed by atoms with Crippen LogP contribution in [-0.4, -0.2) is 14.9 Å². The number of benzene rings is 1. The summed E-state index contributed by atoms with van der Waals surface area (Å²) in [5.74, 6) is 0. The summed E-state index contributed by atoms with van der Waals surface area (Å²) < 4.78 is 38.8. The van der Waals surface area contributed by atoms with E-state index in [1.54, 1.807) is 6.92 Å². The first-order valence-electron chi connectivity index (χ1n) is 5.82. The molecule has 0 saturated heterocycles. The summed E-state index contributed by atoms with van der Waals surface area (Å²) in [6.45, 7) is 1.87. The van der Waals surface area contributed by atoms with Crippen LogP contribution in [0.5, 0.6) is 0 Å². The highest BCUT2D eigenvalue weighted by molar-refractivity contribution is 6.31. The maximum atomic E-state index is 12.4. The van der Waals surface area contributed by atoms with E-state index in [2.05, 4.69) is 5.10 Å². The highest BCUT2D eigenvalue weighted by Gasteiger charge is 2.30. The Morgan fingerprint density at radius 3 is 2.35 bits per heavy atom. The molecule has 1 unspecified atom stereocenters. The van der Waals surface area contributed by atoms with E-state index in [1.807, 2.05) is 0 Å². The van der Waals surface area contributed by atoms with Crippen molar-refractivity contribution in [3.63, 3.8) is 0 Å². The molecular weight excluding hydrogens is 293 g/mol. The van der Waals surface area contributed by atoms with E-state index in [9.17, 15) is 18.3 Å². The smallest absolute Gasteiger partial charge is 0.386 e. The molecular formula is C13H12ClF3N2O. The molecule has 2 rings (SSSR count). The first kappa shape index (κ1) is 14.9. The zero-order valence-corrected chi connectivity index (χ0v) is 11.3. The monoisotopic (exact) mass is 304 g/mol. The predicted molar refractivity (Wildman–Crippen MR) is 68.4 cm³/mol. The van der Waals surface area contributed by atoms with Crippen molar-refractivity contribution in [2.45, 2.75) is 25.7 Å². The van der Waals surface area contributed by atoms with Gasteiger partial charge in [-0.2, -0.15) is 18.3 Å². The van der Waals surface area contributed by atoms with Gasteiger partial charge >= 0.3 is 6.18 Å². The van der Waals surface area contributed by atoms with Crippen LogP contribution < -0.4 is 0 Å². The van der Waals surface area contributed by atoms with Crippen molar-refractivity contribution in [1.29, 1.82) is 0 Å². The van der Waals surface area contributed by atoms with Gasteiger partial charge in [0.1, 0.15) is 0 Å². The number of alkyl halides is 3. The lowest BCUT2D eigenvalue weighted by Crippen LogP contribution is -2.12. The van der Waals surface area contributed by atoms with Crippen molar-refractivity contribution in [2.24, 2.45) is 0 Å². The minimum absolute atomic E-state index is 0.129. The molecule has 0 aliphatic rings. The Hall–Kier alpha value is -1.53. The molecule has 20 heavy (non-hydrogen) atoms. The van der Waals surface area contributed by atoms with E-state index in [0.29, 0.717) is 16.3 Å². The maximum absolute atomic E-state index is 12.4. The molecule has 1 heterocycles. The molecule has 2 aromatic rings. The second kappa shape index (κ2) is 5.46. The van der Waals surface area contributed by atoms with Gasteiger partial charge < -0.3 is 5.11 Å². The van der Waals surface area contributed by atoms with Gasteiger partial charge in [-0.3, -0.25) is 4.68 Å². The minimum Gasteiger partial charge on any atom is -0.386 e. The molecule has 0 amide bonds. The van der Waals surface area contributed by atoms with Crippen molar-refractivity contribution in [2.75, 3.05) is 0 Å². The van der Waals surface area contributed by atoms with E-state index in [4.69, 9.17) is 11.6 Å². The number of hydrogen-bond acceptors (Lipinski definition) is 2. The largest absolute Gasteiger partial charge is 0.416 e. The van der Waals surface area contributed by atoms with Crippen molar-refractivity contribution >= 4 is 11.6 Å². The van der Waals surface area contributed by atoms with Crippen LogP contribution in [-0.2, 0) is 12.7 Å². The Morgan fingerprint density at radius 1 is 1.30 bits per heavy atom. The zero-order valence-electron chi connectivity index (χ0n) is 10.5. The van der Waals surface area contributed by atoms with E-state index in [0.717, 1.165) is 12.1 Å². The molecule has 0 fully saturated rings. The van der Waals surface area contributed by atoms with E-state index < -0.39 is 17.8 Å². The topological polar surface area (TPSA) is 38.0 Å².